The van der Waals surface area contributed by atoms with Gasteiger partial charge in [0, 0.05) is 98.9 Å². The fraction of sp³-hybridized carbons (Fsp3) is 0.467. The standard InChI is InChI=1S/C15H18N4O4S.Pr.Y/c1-18-12(7-23-15(18)22)13(20)17-11(6-10-8-24-9-16-10)14(21)19-4-2-3-5-19;;/h4,7-9,11-12H,2-3,5-6H2,1H3,(H,17,20);;/q-2;;. The van der Waals surface area contributed by atoms with Gasteiger partial charge in [0.2, 0.25) is 11.8 Å². The van der Waals surface area contributed by atoms with E-state index in [0.717, 1.165) is 18.5 Å². The number of carbonyl (C=O) groups is 3. The van der Waals surface area contributed by atoms with E-state index in [2.05, 4.69) is 10.3 Å². The molecular weight excluding hydrogens is 562 g/mol. The van der Waals surface area contributed by atoms with Gasteiger partial charge < -0.3 is 19.9 Å². The second kappa shape index (κ2) is 11.3. The zero-order valence-electron chi connectivity index (χ0n) is 14.3. The number of carbonyl (C=O) groups excluding carboxylic acids is 3. The van der Waals surface area contributed by atoms with Crippen LogP contribution in [0.25, 0.3) is 0 Å². The molecule has 0 bridgehead atoms. The van der Waals surface area contributed by atoms with Crippen molar-refractivity contribution in [3.63, 3.8) is 0 Å². The van der Waals surface area contributed by atoms with E-state index in [9.17, 15) is 14.4 Å². The minimum absolute atomic E-state index is 0. The molecule has 1 aromatic heterocycles. The van der Waals surface area contributed by atoms with Crippen LogP contribution in [-0.2, 0) is 53.5 Å². The number of aromatic nitrogens is 1. The minimum Gasteiger partial charge on any atom is -0.618 e. The molecule has 26 heavy (non-hydrogen) atoms. The van der Waals surface area contributed by atoms with Crippen LogP contribution in [0.2, 0.25) is 0 Å². The van der Waals surface area contributed by atoms with Crippen LogP contribution < -0.4 is 5.32 Å². The van der Waals surface area contributed by atoms with Gasteiger partial charge in [-0.25, -0.2) is 16.3 Å². The van der Waals surface area contributed by atoms with Crippen LogP contribution in [0.15, 0.2) is 10.9 Å². The smallest absolute Gasteiger partial charge is 0.376 e. The number of likely N-dealkylation sites (tertiary alicyclic amines) is 1. The van der Waals surface area contributed by atoms with Gasteiger partial charge in [0.1, 0.15) is 6.04 Å². The van der Waals surface area contributed by atoms with Crippen LogP contribution in [0.4, 0.5) is 4.79 Å². The molecule has 0 aliphatic carbocycles. The average molecular weight is 580 g/mol. The Balaban J connectivity index is 0.00000169. The third-order valence-corrected chi connectivity index (χ3v) is 4.65. The molecule has 2 aliphatic heterocycles. The first-order chi connectivity index (χ1) is 11.6. The summed E-state index contributed by atoms with van der Waals surface area (Å²) < 4.78 is 4.74. The Morgan fingerprint density at radius 1 is 1.54 bits per heavy atom. The fourth-order valence-electron chi connectivity index (χ4n) is 2.65. The SMILES string of the molecule is CN1C(=O)O[CH-]C1C(=O)NC(Cc1cscn1)C(=O)N1[CH-]CCC1.[Pr].[Y]. The van der Waals surface area contributed by atoms with Gasteiger partial charge in [-0.15, -0.1) is 17.9 Å². The zero-order valence-corrected chi connectivity index (χ0v) is 21.7. The normalized spacial score (nSPS) is 20.0. The number of rotatable bonds is 5. The summed E-state index contributed by atoms with van der Waals surface area (Å²) in [7, 11) is 1.47. The van der Waals surface area contributed by atoms with E-state index in [0.29, 0.717) is 13.0 Å². The third-order valence-electron chi connectivity index (χ3n) is 4.02. The predicted octanol–water partition coefficient (Wildman–Crippen LogP) is 0.564. The number of likely N-dealkylation sites (N-methyl/N-ethyl adjacent to an activating group) is 1. The summed E-state index contributed by atoms with van der Waals surface area (Å²) in [6.07, 6.45) is 1.49. The first-order valence-corrected chi connectivity index (χ1v) is 8.58. The summed E-state index contributed by atoms with van der Waals surface area (Å²) in [6.45, 7) is 3.67. The molecule has 8 nitrogen and oxygen atoms in total. The summed E-state index contributed by atoms with van der Waals surface area (Å²) in [5, 5.41) is 4.58. The molecule has 136 valence electrons. The summed E-state index contributed by atoms with van der Waals surface area (Å²) >= 11 is 1.43. The number of hydrogen-bond acceptors (Lipinski definition) is 6. The van der Waals surface area contributed by atoms with E-state index in [1.807, 2.05) is 11.9 Å². The van der Waals surface area contributed by atoms with Crippen molar-refractivity contribution in [3.05, 3.63) is 29.7 Å². The maximum Gasteiger partial charge on any atom is 0.376 e. The van der Waals surface area contributed by atoms with Gasteiger partial charge in [-0.3, -0.25) is 9.59 Å². The Bertz CT molecular complexity index is 627. The number of hydrogen-bond donors (Lipinski definition) is 1. The van der Waals surface area contributed by atoms with Crippen molar-refractivity contribution in [2.45, 2.75) is 31.3 Å². The topological polar surface area (TPSA) is 91.8 Å². The van der Waals surface area contributed by atoms with Gasteiger partial charge in [0.05, 0.1) is 11.2 Å². The second-order valence-electron chi connectivity index (χ2n) is 5.68. The van der Waals surface area contributed by atoms with Crippen LogP contribution in [0.5, 0.6) is 0 Å². The molecule has 2 aliphatic rings. The molecule has 1 aromatic rings. The first kappa shape index (κ1) is 24.3. The molecule has 11 heteroatoms. The Morgan fingerprint density at radius 2 is 2.31 bits per heavy atom. The quantitative estimate of drug-likeness (QED) is 0.515. The molecule has 2 fully saturated rings. The van der Waals surface area contributed by atoms with Gasteiger partial charge in [0.15, 0.2) is 0 Å². The number of nitrogens with zero attached hydrogens (tertiary/aromatic N) is 3. The Kier molecular flexibility index (Phi) is 10.6. The van der Waals surface area contributed by atoms with E-state index >= 15 is 0 Å². The molecule has 3 heterocycles. The van der Waals surface area contributed by atoms with Crippen molar-refractivity contribution in [1.29, 1.82) is 0 Å². The molecule has 0 saturated carbocycles. The molecule has 2 atom stereocenters. The van der Waals surface area contributed by atoms with Gasteiger partial charge >= 0.3 is 6.09 Å². The minimum atomic E-state index is -0.842. The summed E-state index contributed by atoms with van der Waals surface area (Å²) in [6, 6.07) is -1.57. The number of amides is 3. The van der Waals surface area contributed by atoms with E-state index in [1.54, 1.807) is 10.4 Å². The Morgan fingerprint density at radius 3 is 2.85 bits per heavy atom. The molecule has 0 aromatic carbocycles. The van der Waals surface area contributed by atoms with Crippen molar-refractivity contribution >= 4 is 29.2 Å². The van der Waals surface area contributed by atoms with Crippen molar-refractivity contribution in [1.82, 2.24) is 20.1 Å². The molecule has 2 radical (unpaired) electrons. The van der Waals surface area contributed by atoms with Gasteiger partial charge in [-0.1, -0.05) is 6.42 Å². The summed E-state index contributed by atoms with van der Waals surface area (Å²) in [5.41, 5.74) is 2.43. The van der Waals surface area contributed by atoms with Crippen LogP contribution in [0.1, 0.15) is 18.5 Å². The van der Waals surface area contributed by atoms with E-state index in [-0.39, 0.29) is 79.9 Å². The summed E-state index contributed by atoms with van der Waals surface area (Å²) in [5.74, 6) is -0.613. The summed E-state index contributed by atoms with van der Waals surface area (Å²) in [4.78, 5) is 43.5. The van der Waals surface area contributed by atoms with Crippen molar-refractivity contribution in [2.75, 3.05) is 13.6 Å². The van der Waals surface area contributed by atoms with Gasteiger partial charge in [-0.2, -0.15) is 6.42 Å². The molecule has 2 unspecified atom stereocenters. The molecular formula is C15H18N4O4PrSY-2. The van der Waals surface area contributed by atoms with Crippen LogP contribution in [0, 0.1) is 54.4 Å². The maximum atomic E-state index is 12.7. The zero-order chi connectivity index (χ0) is 17.1. The first-order valence-electron chi connectivity index (χ1n) is 7.64. The van der Waals surface area contributed by atoms with Crippen LogP contribution in [-0.4, -0.2) is 58.4 Å². The molecule has 1 N–H and O–H groups in total. The number of nitrogens with one attached hydrogen (secondary N) is 1. The van der Waals surface area contributed by atoms with E-state index in [1.165, 1.54) is 29.9 Å². The van der Waals surface area contributed by atoms with Gasteiger partial charge in [-0.05, 0) is 6.54 Å². The van der Waals surface area contributed by atoms with Gasteiger partial charge in [0.25, 0.3) is 0 Å². The number of thiazole rings is 1. The van der Waals surface area contributed by atoms with Crippen molar-refractivity contribution in [3.8, 4) is 0 Å². The van der Waals surface area contributed by atoms with Crippen molar-refractivity contribution in [2.24, 2.45) is 0 Å². The molecule has 0 spiro atoms. The van der Waals surface area contributed by atoms with Crippen molar-refractivity contribution < 1.29 is 93.1 Å². The Labute approximate surface area is 214 Å². The predicted molar refractivity (Wildman–Crippen MR) is 85.3 cm³/mol. The number of cyclic esters (lactones) is 1. The second-order valence-corrected chi connectivity index (χ2v) is 6.40. The largest absolute Gasteiger partial charge is 0.618 e. The third kappa shape index (κ3) is 5.90. The molecule has 3 amide bonds. The Hall–Kier alpha value is 0.308. The van der Waals surface area contributed by atoms with E-state index in [4.69, 9.17) is 4.74 Å². The van der Waals surface area contributed by atoms with Crippen LogP contribution >= 0.6 is 11.3 Å². The fourth-order valence-corrected chi connectivity index (χ4v) is 3.22. The average Bonchev–Trinajstić information content (AvgIpc) is 3.30. The number of ether oxygens (including phenoxy) is 1. The molecule has 2 saturated heterocycles. The van der Waals surface area contributed by atoms with E-state index < -0.39 is 24.1 Å². The van der Waals surface area contributed by atoms with Crippen LogP contribution in [0.3, 0.4) is 0 Å². The molecule has 3 rings (SSSR count). The maximum absolute atomic E-state index is 12.7. The monoisotopic (exact) mass is 580 g/mol.